The van der Waals surface area contributed by atoms with Gasteiger partial charge in [0.25, 0.3) is 0 Å². The molecule has 0 spiro atoms. The lowest BCUT2D eigenvalue weighted by Crippen LogP contribution is -2.18. The van der Waals surface area contributed by atoms with Crippen molar-refractivity contribution in [1.29, 1.82) is 0 Å². The van der Waals surface area contributed by atoms with Gasteiger partial charge in [0.2, 0.25) is 0 Å². The predicted molar refractivity (Wildman–Crippen MR) is 81.8 cm³/mol. The van der Waals surface area contributed by atoms with Crippen LogP contribution in [0, 0.1) is 0 Å². The normalized spacial score (nSPS) is 22.9. The van der Waals surface area contributed by atoms with E-state index in [2.05, 4.69) is 0 Å². The van der Waals surface area contributed by atoms with Gasteiger partial charge < -0.3 is 14.2 Å². The Balaban J connectivity index is 1.76. The Kier molecular flexibility index (Phi) is 3.86. The lowest BCUT2D eigenvalue weighted by atomic mass is 9.97. The van der Waals surface area contributed by atoms with E-state index in [4.69, 9.17) is 14.2 Å². The van der Waals surface area contributed by atoms with Gasteiger partial charge in [-0.3, -0.25) is 0 Å². The van der Waals surface area contributed by atoms with Gasteiger partial charge in [0, 0.05) is 0 Å². The Labute approximate surface area is 129 Å². The summed E-state index contributed by atoms with van der Waals surface area (Å²) < 4.78 is 16.4. The highest BCUT2D eigenvalue weighted by Gasteiger charge is 2.59. The highest BCUT2D eigenvalue weighted by Crippen LogP contribution is 2.47. The van der Waals surface area contributed by atoms with Crippen molar-refractivity contribution in [3.8, 4) is 11.5 Å². The van der Waals surface area contributed by atoms with Gasteiger partial charge in [-0.05, 0) is 43.7 Å². The molecule has 2 atom stereocenters. The number of hydrogen-bond acceptors (Lipinski definition) is 4. The van der Waals surface area contributed by atoms with E-state index in [-0.39, 0.29) is 5.97 Å². The maximum absolute atomic E-state index is 11.8. The average molecular weight is 298 g/mol. The number of esters is 1. The molecular formula is C18H18O4. The maximum Gasteiger partial charge on any atom is 0.338 e. The van der Waals surface area contributed by atoms with E-state index in [0.717, 1.165) is 11.3 Å². The van der Waals surface area contributed by atoms with E-state index in [0.29, 0.717) is 12.4 Å². The monoisotopic (exact) mass is 298 g/mol. The zero-order chi connectivity index (χ0) is 15.6. The molecule has 1 heterocycles. The van der Waals surface area contributed by atoms with E-state index in [1.807, 2.05) is 61.5 Å². The van der Waals surface area contributed by atoms with Gasteiger partial charge in [-0.15, -0.1) is 0 Å². The smallest absolute Gasteiger partial charge is 0.338 e. The summed E-state index contributed by atoms with van der Waals surface area (Å²) in [7, 11) is 0. The summed E-state index contributed by atoms with van der Waals surface area (Å²) in [6, 6.07) is 17.1. The Morgan fingerprint density at radius 1 is 1.14 bits per heavy atom. The molecule has 0 amide bonds. The van der Waals surface area contributed by atoms with Gasteiger partial charge in [0.05, 0.1) is 6.61 Å². The van der Waals surface area contributed by atoms with E-state index in [1.165, 1.54) is 0 Å². The van der Waals surface area contributed by atoms with Crippen molar-refractivity contribution < 1.29 is 19.0 Å². The fourth-order valence-electron chi connectivity index (χ4n) is 2.41. The molecule has 1 aliphatic heterocycles. The van der Waals surface area contributed by atoms with Crippen molar-refractivity contribution in [2.45, 2.75) is 25.6 Å². The van der Waals surface area contributed by atoms with Crippen molar-refractivity contribution >= 4 is 5.97 Å². The van der Waals surface area contributed by atoms with E-state index in [9.17, 15) is 4.79 Å². The summed E-state index contributed by atoms with van der Waals surface area (Å²) >= 11 is 0. The molecule has 0 radical (unpaired) electrons. The van der Waals surface area contributed by atoms with Crippen LogP contribution in [0.2, 0.25) is 0 Å². The van der Waals surface area contributed by atoms with Crippen LogP contribution in [-0.4, -0.2) is 18.7 Å². The second-order valence-electron chi connectivity index (χ2n) is 5.30. The first-order chi connectivity index (χ1) is 10.6. The van der Waals surface area contributed by atoms with Crippen LogP contribution < -0.4 is 4.74 Å². The first-order valence-corrected chi connectivity index (χ1v) is 7.31. The second-order valence-corrected chi connectivity index (χ2v) is 5.30. The lowest BCUT2D eigenvalue weighted by molar-refractivity contribution is -0.144. The van der Waals surface area contributed by atoms with Gasteiger partial charge in [0.1, 0.15) is 17.1 Å². The SMILES string of the molecule is CCOC(=O)C1OC1(C)c1cccc(Oc2ccccc2)c1. The van der Waals surface area contributed by atoms with Crippen LogP contribution in [0.3, 0.4) is 0 Å². The van der Waals surface area contributed by atoms with Gasteiger partial charge in [0.15, 0.2) is 6.10 Å². The minimum absolute atomic E-state index is 0.320. The molecule has 4 nitrogen and oxygen atoms in total. The Morgan fingerprint density at radius 2 is 1.86 bits per heavy atom. The van der Waals surface area contributed by atoms with Gasteiger partial charge in [-0.25, -0.2) is 4.79 Å². The fourth-order valence-corrected chi connectivity index (χ4v) is 2.41. The number of rotatable bonds is 5. The van der Waals surface area contributed by atoms with Crippen LogP contribution in [0.5, 0.6) is 11.5 Å². The van der Waals surface area contributed by atoms with Crippen molar-refractivity contribution in [1.82, 2.24) is 0 Å². The molecule has 0 bridgehead atoms. The summed E-state index contributed by atoms with van der Waals surface area (Å²) in [6.45, 7) is 4.02. The van der Waals surface area contributed by atoms with Crippen LogP contribution in [0.25, 0.3) is 0 Å². The van der Waals surface area contributed by atoms with E-state index in [1.54, 1.807) is 6.92 Å². The van der Waals surface area contributed by atoms with E-state index < -0.39 is 11.7 Å². The van der Waals surface area contributed by atoms with Crippen molar-refractivity contribution in [3.63, 3.8) is 0 Å². The first kappa shape index (κ1) is 14.6. The number of carbonyl (C=O) groups excluding carboxylic acids is 1. The summed E-state index contributed by atoms with van der Waals surface area (Å²) in [5.41, 5.74) is 0.265. The number of benzene rings is 2. The Hall–Kier alpha value is -2.33. The molecule has 1 saturated heterocycles. The third-order valence-corrected chi connectivity index (χ3v) is 3.69. The number of hydrogen-bond donors (Lipinski definition) is 0. The third kappa shape index (κ3) is 2.83. The van der Waals surface area contributed by atoms with E-state index >= 15 is 0 Å². The van der Waals surface area contributed by atoms with Gasteiger partial charge in [-0.1, -0.05) is 30.3 Å². The number of epoxide rings is 1. The summed E-state index contributed by atoms with van der Waals surface area (Å²) in [4.78, 5) is 11.8. The average Bonchev–Trinajstić information content (AvgIpc) is 3.23. The van der Waals surface area contributed by atoms with Crippen LogP contribution >= 0.6 is 0 Å². The molecule has 0 N–H and O–H groups in total. The topological polar surface area (TPSA) is 48.1 Å². The standard InChI is InChI=1S/C18H18O4/c1-3-20-17(19)16-18(2,22-16)13-8-7-11-15(12-13)21-14-9-5-4-6-10-14/h4-12,16H,3H2,1-2H3. The fraction of sp³-hybridized carbons (Fsp3) is 0.278. The van der Waals surface area contributed by atoms with Crippen LogP contribution in [0.1, 0.15) is 19.4 Å². The first-order valence-electron chi connectivity index (χ1n) is 7.31. The largest absolute Gasteiger partial charge is 0.464 e. The predicted octanol–water partition coefficient (Wildman–Crippen LogP) is 3.66. The number of ether oxygens (including phenoxy) is 3. The zero-order valence-corrected chi connectivity index (χ0v) is 12.6. The Morgan fingerprint density at radius 3 is 2.59 bits per heavy atom. The number of para-hydroxylation sites is 1. The number of carbonyl (C=O) groups is 1. The molecule has 22 heavy (non-hydrogen) atoms. The zero-order valence-electron chi connectivity index (χ0n) is 12.6. The molecule has 0 saturated carbocycles. The molecule has 0 aliphatic carbocycles. The molecule has 1 aliphatic rings. The second kappa shape index (κ2) is 5.81. The molecule has 3 rings (SSSR count). The molecule has 0 aromatic heterocycles. The Bertz CT molecular complexity index is 668. The highest BCUT2D eigenvalue weighted by atomic mass is 16.7. The minimum Gasteiger partial charge on any atom is -0.464 e. The molecule has 2 aromatic carbocycles. The third-order valence-electron chi connectivity index (χ3n) is 3.69. The van der Waals surface area contributed by atoms with Crippen LogP contribution in [0.4, 0.5) is 0 Å². The summed E-state index contributed by atoms with van der Waals surface area (Å²) in [6.07, 6.45) is -0.542. The van der Waals surface area contributed by atoms with Crippen molar-refractivity contribution in [2.75, 3.05) is 6.61 Å². The van der Waals surface area contributed by atoms with Gasteiger partial charge >= 0.3 is 5.97 Å². The summed E-state index contributed by atoms with van der Waals surface area (Å²) in [5.74, 6) is 1.16. The molecule has 114 valence electrons. The molecule has 2 aromatic rings. The van der Waals surface area contributed by atoms with Crippen molar-refractivity contribution in [2.24, 2.45) is 0 Å². The van der Waals surface area contributed by atoms with Gasteiger partial charge in [-0.2, -0.15) is 0 Å². The minimum atomic E-state index is -0.637. The van der Waals surface area contributed by atoms with Crippen LogP contribution in [-0.2, 0) is 19.9 Å². The molecule has 1 fully saturated rings. The highest BCUT2D eigenvalue weighted by molar-refractivity contribution is 5.79. The maximum atomic E-state index is 11.8. The van der Waals surface area contributed by atoms with Crippen molar-refractivity contribution in [3.05, 3.63) is 60.2 Å². The molecule has 4 heteroatoms. The quantitative estimate of drug-likeness (QED) is 0.624. The molecule has 2 unspecified atom stereocenters. The molecular weight excluding hydrogens is 280 g/mol. The van der Waals surface area contributed by atoms with Crippen LogP contribution in [0.15, 0.2) is 54.6 Å². The summed E-state index contributed by atoms with van der Waals surface area (Å²) in [5, 5.41) is 0. The lowest BCUT2D eigenvalue weighted by Gasteiger charge is -2.10.